The Kier molecular flexibility index (Phi) is 9.10. The van der Waals surface area contributed by atoms with E-state index >= 15 is 0 Å². The van der Waals surface area contributed by atoms with Gasteiger partial charge in [-0.3, -0.25) is 14.4 Å². The summed E-state index contributed by atoms with van der Waals surface area (Å²) in [5.74, 6) is -2.32. The third-order valence-electron chi connectivity index (χ3n) is 5.45. The molecule has 3 aromatic carbocycles. The predicted octanol–water partition coefficient (Wildman–Crippen LogP) is 3.54. The van der Waals surface area contributed by atoms with Gasteiger partial charge < -0.3 is 9.47 Å². The van der Waals surface area contributed by atoms with Crippen LogP contribution in [-0.2, 0) is 35.7 Å². The average Bonchev–Trinajstić information content (AvgIpc) is 2.90. The quantitative estimate of drug-likeness (QED) is 0.287. The van der Waals surface area contributed by atoms with Crippen molar-refractivity contribution in [2.24, 2.45) is 0 Å². The van der Waals surface area contributed by atoms with Crippen LogP contribution in [0.2, 0.25) is 0 Å². The van der Waals surface area contributed by atoms with Crippen LogP contribution in [0.4, 0.5) is 0 Å². The summed E-state index contributed by atoms with van der Waals surface area (Å²) in [5, 5.41) is 0. The van der Waals surface area contributed by atoms with Crippen LogP contribution in [0.25, 0.3) is 0 Å². The van der Waals surface area contributed by atoms with Crippen molar-refractivity contribution in [1.29, 1.82) is 0 Å². The lowest BCUT2D eigenvalue weighted by atomic mass is 10.0. The number of hydrogen-bond donors (Lipinski definition) is 0. The van der Waals surface area contributed by atoms with Gasteiger partial charge in [-0.05, 0) is 24.6 Å². The van der Waals surface area contributed by atoms with Crippen molar-refractivity contribution in [2.75, 3.05) is 13.7 Å². The fraction of sp³-hybridized carbons (Fsp3) is 0.222. The van der Waals surface area contributed by atoms with E-state index in [1.807, 2.05) is 6.07 Å². The van der Waals surface area contributed by atoms with Crippen molar-refractivity contribution in [2.45, 2.75) is 30.9 Å². The summed E-state index contributed by atoms with van der Waals surface area (Å²) in [6.45, 7) is 0.930. The van der Waals surface area contributed by atoms with Gasteiger partial charge in [0.15, 0.2) is 5.78 Å². The first-order valence-electron chi connectivity index (χ1n) is 11.2. The lowest BCUT2D eigenvalue weighted by Crippen LogP contribution is -2.49. The zero-order chi connectivity index (χ0) is 26.1. The number of Topliss-reactive ketones (excluding diaryl/α,β-unsaturated/α-hetero) is 1. The Morgan fingerprint density at radius 2 is 1.44 bits per heavy atom. The number of methoxy groups -OCH3 is 1. The second-order valence-electron chi connectivity index (χ2n) is 8.04. The van der Waals surface area contributed by atoms with Crippen molar-refractivity contribution in [3.05, 3.63) is 102 Å². The molecule has 1 atom stereocenters. The second kappa shape index (κ2) is 12.2. The van der Waals surface area contributed by atoms with Crippen molar-refractivity contribution in [3.63, 3.8) is 0 Å². The van der Waals surface area contributed by atoms with E-state index in [1.165, 1.54) is 12.1 Å². The minimum Gasteiger partial charge on any atom is -0.468 e. The number of nitrogens with zero attached hydrogens (tertiary/aromatic N) is 1. The van der Waals surface area contributed by atoms with E-state index in [9.17, 15) is 22.8 Å². The Hall–Kier alpha value is -3.82. The fourth-order valence-corrected chi connectivity index (χ4v) is 5.00. The Morgan fingerprint density at radius 3 is 2.03 bits per heavy atom. The smallest absolute Gasteiger partial charge is 0.324 e. The molecule has 188 valence electrons. The van der Waals surface area contributed by atoms with Gasteiger partial charge in [-0.1, -0.05) is 78.4 Å². The number of rotatable bonds is 11. The summed E-state index contributed by atoms with van der Waals surface area (Å²) in [6, 6.07) is 21.4. The number of benzene rings is 3. The molecular formula is C27H27NO7S. The Bertz CT molecular complexity index is 1290. The second-order valence-corrected chi connectivity index (χ2v) is 9.93. The predicted molar refractivity (Wildman–Crippen MR) is 133 cm³/mol. The molecule has 0 N–H and O–H groups in total. The maximum absolute atomic E-state index is 13.6. The average molecular weight is 510 g/mol. The molecule has 0 fully saturated rings. The van der Waals surface area contributed by atoms with Crippen LogP contribution in [0.3, 0.4) is 0 Å². The third-order valence-corrected chi connectivity index (χ3v) is 7.32. The number of carbonyl (C=O) groups is 3. The number of sulfonamides is 1. The number of hydrogen-bond acceptors (Lipinski definition) is 7. The van der Waals surface area contributed by atoms with Gasteiger partial charge in [-0.25, -0.2) is 8.42 Å². The highest BCUT2D eigenvalue weighted by Gasteiger charge is 2.40. The molecule has 0 saturated carbocycles. The SMILES string of the molecule is COC(=O)[C@H](CC(=O)c1ccccc1)N(CC(=O)OCc1ccccc1)S(=O)(=O)c1ccc(C)cc1. The molecule has 0 aliphatic heterocycles. The number of esters is 2. The lowest BCUT2D eigenvalue weighted by Gasteiger charge is -2.28. The monoisotopic (exact) mass is 509 g/mol. The number of aryl methyl sites for hydroxylation is 1. The lowest BCUT2D eigenvalue weighted by molar-refractivity contribution is -0.149. The molecule has 36 heavy (non-hydrogen) atoms. The molecule has 0 amide bonds. The van der Waals surface area contributed by atoms with E-state index in [0.29, 0.717) is 15.4 Å². The van der Waals surface area contributed by atoms with E-state index in [0.717, 1.165) is 12.7 Å². The molecule has 0 bridgehead atoms. The van der Waals surface area contributed by atoms with E-state index in [-0.39, 0.29) is 11.5 Å². The van der Waals surface area contributed by atoms with Gasteiger partial charge in [0.1, 0.15) is 19.2 Å². The maximum atomic E-state index is 13.6. The van der Waals surface area contributed by atoms with Gasteiger partial charge >= 0.3 is 11.9 Å². The third kappa shape index (κ3) is 6.87. The summed E-state index contributed by atoms with van der Waals surface area (Å²) >= 11 is 0. The molecule has 3 aromatic rings. The Labute approximate surface area is 210 Å². The van der Waals surface area contributed by atoms with E-state index in [1.54, 1.807) is 73.7 Å². The summed E-state index contributed by atoms with van der Waals surface area (Å²) in [6.07, 6.45) is -0.520. The number of carbonyl (C=O) groups excluding carboxylic acids is 3. The first kappa shape index (κ1) is 26.8. The van der Waals surface area contributed by atoms with Gasteiger partial charge in [0.05, 0.1) is 12.0 Å². The molecule has 8 nitrogen and oxygen atoms in total. The van der Waals surface area contributed by atoms with Crippen molar-refractivity contribution < 1.29 is 32.3 Å². The van der Waals surface area contributed by atoms with E-state index in [4.69, 9.17) is 9.47 Å². The molecule has 3 rings (SSSR count). The van der Waals surface area contributed by atoms with Crippen LogP contribution in [0.1, 0.15) is 27.9 Å². The summed E-state index contributed by atoms with van der Waals surface area (Å²) in [7, 11) is -3.31. The van der Waals surface area contributed by atoms with Crippen LogP contribution in [0.15, 0.2) is 89.8 Å². The molecule has 0 heterocycles. The molecular weight excluding hydrogens is 482 g/mol. The first-order chi connectivity index (χ1) is 17.2. The first-order valence-corrected chi connectivity index (χ1v) is 12.6. The maximum Gasteiger partial charge on any atom is 0.324 e. The Morgan fingerprint density at radius 1 is 0.861 bits per heavy atom. The Balaban J connectivity index is 1.94. The van der Waals surface area contributed by atoms with Crippen molar-refractivity contribution >= 4 is 27.7 Å². The standard InChI is InChI=1S/C27H27NO7S/c1-20-13-15-23(16-14-20)36(32,33)28(18-26(30)35-19-21-9-5-3-6-10-21)24(27(31)34-2)17-25(29)22-11-7-4-8-12-22/h3-16,24H,17-19H2,1-2H3/t24-/m0/s1. The fourth-order valence-electron chi connectivity index (χ4n) is 3.48. The molecule has 9 heteroatoms. The molecule has 0 unspecified atom stereocenters. The highest BCUT2D eigenvalue weighted by Crippen LogP contribution is 2.23. The van der Waals surface area contributed by atoms with Crippen LogP contribution in [0.5, 0.6) is 0 Å². The van der Waals surface area contributed by atoms with Gasteiger partial charge in [0, 0.05) is 12.0 Å². The molecule has 0 aliphatic carbocycles. The number of ketones is 1. The topological polar surface area (TPSA) is 107 Å². The summed E-state index contributed by atoms with van der Waals surface area (Å²) in [4.78, 5) is 38.4. The van der Waals surface area contributed by atoms with Crippen LogP contribution in [0, 0.1) is 6.92 Å². The van der Waals surface area contributed by atoms with Gasteiger partial charge in [-0.2, -0.15) is 4.31 Å². The largest absolute Gasteiger partial charge is 0.468 e. The molecule has 0 aromatic heterocycles. The van der Waals surface area contributed by atoms with Crippen LogP contribution >= 0.6 is 0 Å². The minimum absolute atomic E-state index is 0.0794. The van der Waals surface area contributed by atoms with Crippen LogP contribution in [-0.4, -0.2) is 50.1 Å². The zero-order valence-corrected chi connectivity index (χ0v) is 20.8. The summed E-state index contributed by atoms with van der Waals surface area (Å²) in [5.41, 5.74) is 1.83. The highest BCUT2D eigenvalue weighted by molar-refractivity contribution is 7.89. The molecule has 0 radical (unpaired) electrons. The molecule has 0 saturated heterocycles. The van der Waals surface area contributed by atoms with Gasteiger partial charge in [0.25, 0.3) is 0 Å². The van der Waals surface area contributed by atoms with Gasteiger partial charge in [-0.15, -0.1) is 0 Å². The normalized spacial score (nSPS) is 12.1. The minimum atomic E-state index is -4.40. The van der Waals surface area contributed by atoms with Crippen LogP contribution < -0.4 is 0 Å². The van der Waals surface area contributed by atoms with Gasteiger partial charge in [0.2, 0.25) is 10.0 Å². The van der Waals surface area contributed by atoms with E-state index in [2.05, 4.69) is 0 Å². The van der Waals surface area contributed by atoms with Crippen molar-refractivity contribution in [3.8, 4) is 0 Å². The zero-order valence-electron chi connectivity index (χ0n) is 20.0. The summed E-state index contributed by atoms with van der Waals surface area (Å²) < 4.78 is 38.1. The number of ether oxygens (including phenoxy) is 2. The van der Waals surface area contributed by atoms with E-state index < -0.39 is 46.8 Å². The van der Waals surface area contributed by atoms with Crippen molar-refractivity contribution in [1.82, 2.24) is 4.31 Å². The molecule has 0 spiro atoms. The molecule has 0 aliphatic rings. The highest BCUT2D eigenvalue weighted by atomic mass is 32.2.